The van der Waals surface area contributed by atoms with Crippen LogP contribution in [0.15, 0.2) is 59.5 Å². The van der Waals surface area contributed by atoms with E-state index in [2.05, 4.69) is 9.46 Å². The molecule has 2 atom stereocenters. The van der Waals surface area contributed by atoms with Crippen molar-refractivity contribution in [3.63, 3.8) is 0 Å². The van der Waals surface area contributed by atoms with Gasteiger partial charge in [-0.25, -0.2) is 13.1 Å². The van der Waals surface area contributed by atoms with E-state index < -0.39 is 28.2 Å². The molecule has 5 nitrogen and oxygen atoms in total. The molecule has 9 heteroatoms. The van der Waals surface area contributed by atoms with Gasteiger partial charge in [-0.3, -0.25) is 0 Å². The number of aliphatic hydroxyl groups is 1. The fourth-order valence-corrected chi connectivity index (χ4v) is 3.67. The first-order valence-corrected chi connectivity index (χ1v) is 9.63. The van der Waals surface area contributed by atoms with E-state index in [4.69, 9.17) is 0 Å². The molecule has 2 aromatic rings. The number of hydrogen-bond acceptors (Lipinski definition) is 4. The Kier molecular flexibility index (Phi) is 6.85. The van der Waals surface area contributed by atoms with Crippen molar-refractivity contribution in [2.75, 3.05) is 6.54 Å². The minimum absolute atomic E-state index is 0.0397. The topological polar surface area (TPSA) is 75.6 Å². The summed E-state index contributed by atoms with van der Waals surface area (Å²) in [6.45, 7) is 1.65. The number of nitrogens with one attached hydrogen (secondary N) is 1. The van der Waals surface area contributed by atoms with E-state index in [0.717, 1.165) is 29.8 Å². The lowest BCUT2D eigenvalue weighted by molar-refractivity contribution is -0.274. The summed E-state index contributed by atoms with van der Waals surface area (Å²) in [6.07, 6.45) is -5.12. The van der Waals surface area contributed by atoms with Gasteiger partial charge in [0.1, 0.15) is 5.75 Å². The van der Waals surface area contributed by atoms with Crippen LogP contribution in [0.2, 0.25) is 0 Å². The molecule has 2 rings (SSSR count). The van der Waals surface area contributed by atoms with Crippen molar-refractivity contribution >= 4 is 10.0 Å². The van der Waals surface area contributed by atoms with E-state index >= 15 is 0 Å². The number of halogens is 3. The van der Waals surface area contributed by atoms with E-state index in [-0.39, 0.29) is 17.4 Å². The molecule has 0 heterocycles. The van der Waals surface area contributed by atoms with Gasteiger partial charge in [0.2, 0.25) is 10.0 Å². The smallest absolute Gasteiger partial charge is 0.406 e. The summed E-state index contributed by atoms with van der Waals surface area (Å²) in [4.78, 5) is -0.180. The van der Waals surface area contributed by atoms with Crippen LogP contribution in [0.1, 0.15) is 24.8 Å². The van der Waals surface area contributed by atoms with Gasteiger partial charge in [0, 0.05) is 6.54 Å². The average molecular weight is 403 g/mol. The highest BCUT2D eigenvalue weighted by Crippen LogP contribution is 2.25. The summed E-state index contributed by atoms with van der Waals surface area (Å²) >= 11 is 0. The van der Waals surface area contributed by atoms with Crippen LogP contribution >= 0.6 is 0 Å². The minimum atomic E-state index is -4.84. The van der Waals surface area contributed by atoms with E-state index in [1.807, 2.05) is 30.3 Å². The Morgan fingerprint density at radius 1 is 1.07 bits per heavy atom. The SMILES string of the molecule is C[C@H](O)C[C@H](CNS(=O)(=O)c1ccc(OC(F)(F)F)cc1)c1ccccc1. The average Bonchev–Trinajstić information content (AvgIpc) is 2.58. The molecular weight excluding hydrogens is 383 g/mol. The van der Waals surface area contributed by atoms with Gasteiger partial charge < -0.3 is 9.84 Å². The summed E-state index contributed by atoms with van der Waals surface area (Å²) in [5.41, 5.74) is 0.870. The van der Waals surface area contributed by atoms with Crippen LogP contribution in [0.5, 0.6) is 5.75 Å². The largest absolute Gasteiger partial charge is 0.573 e. The number of ether oxygens (including phenoxy) is 1. The van der Waals surface area contributed by atoms with E-state index in [1.54, 1.807) is 6.92 Å². The lowest BCUT2D eigenvalue weighted by Crippen LogP contribution is -2.30. The summed E-state index contributed by atoms with van der Waals surface area (Å²) < 4.78 is 67.5. The van der Waals surface area contributed by atoms with Gasteiger partial charge in [-0.15, -0.1) is 13.2 Å². The highest BCUT2D eigenvalue weighted by molar-refractivity contribution is 7.89. The van der Waals surface area contributed by atoms with Gasteiger partial charge >= 0.3 is 6.36 Å². The molecule has 27 heavy (non-hydrogen) atoms. The van der Waals surface area contributed by atoms with Crippen LogP contribution in [-0.2, 0) is 10.0 Å². The van der Waals surface area contributed by atoms with Crippen LogP contribution in [0.25, 0.3) is 0 Å². The predicted molar refractivity (Wildman–Crippen MR) is 93.8 cm³/mol. The third kappa shape index (κ3) is 6.85. The van der Waals surface area contributed by atoms with Gasteiger partial charge in [0.25, 0.3) is 0 Å². The second-order valence-electron chi connectivity index (χ2n) is 6.06. The quantitative estimate of drug-likeness (QED) is 0.708. The Hall–Kier alpha value is -2.10. The van der Waals surface area contributed by atoms with Crippen LogP contribution in [-0.4, -0.2) is 32.5 Å². The van der Waals surface area contributed by atoms with Crippen molar-refractivity contribution in [3.8, 4) is 5.75 Å². The molecule has 2 N–H and O–H groups in total. The summed E-state index contributed by atoms with van der Waals surface area (Å²) in [7, 11) is -3.93. The summed E-state index contributed by atoms with van der Waals surface area (Å²) in [5, 5.41) is 9.67. The molecule has 148 valence electrons. The Morgan fingerprint density at radius 2 is 1.67 bits per heavy atom. The maximum absolute atomic E-state index is 12.4. The monoisotopic (exact) mass is 403 g/mol. The second kappa shape index (κ2) is 8.73. The number of hydrogen-bond donors (Lipinski definition) is 2. The zero-order chi connectivity index (χ0) is 20.1. The van der Waals surface area contributed by atoms with Gasteiger partial charge in [-0.05, 0) is 49.1 Å². The molecule has 0 aromatic heterocycles. The molecular formula is C18H20F3NO4S. The van der Waals surface area contributed by atoms with Gasteiger partial charge in [-0.1, -0.05) is 30.3 Å². The maximum atomic E-state index is 12.4. The van der Waals surface area contributed by atoms with Crippen LogP contribution < -0.4 is 9.46 Å². The fourth-order valence-electron chi connectivity index (χ4n) is 2.59. The third-order valence-corrected chi connectivity index (χ3v) is 5.22. The Morgan fingerprint density at radius 3 is 2.19 bits per heavy atom. The molecule has 0 unspecified atom stereocenters. The van der Waals surface area contributed by atoms with Crippen molar-refractivity contribution in [2.45, 2.75) is 36.6 Å². The third-order valence-electron chi connectivity index (χ3n) is 3.78. The highest BCUT2D eigenvalue weighted by Gasteiger charge is 2.31. The van der Waals surface area contributed by atoms with Crippen molar-refractivity contribution < 1.29 is 31.4 Å². The number of alkyl halides is 3. The lowest BCUT2D eigenvalue weighted by Gasteiger charge is -2.20. The van der Waals surface area contributed by atoms with Gasteiger partial charge in [0.15, 0.2) is 0 Å². The van der Waals surface area contributed by atoms with Crippen LogP contribution in [0.4, 0.5) is 13.2 Å². The van der Waals surface area contributed by atoms with Crippen molar-refractivity contribution in [3.05, 3.63) is 60.2 Å². The first-order valence-electron chi connectivity index (χ1n) is 8.15. The molecule has 0 aliphatic carbocycles. The number of sulfonamides is 1. The highest BCUT2D eigenvalue weighted by atomic mass is 32.2. The predicted octanol–water partition coefficient (Wildman–Crippen LogP) is 3.42. The number of rotatable bonds is 8. The Balaban J connectivity index is 2.10. The molecule has 0 fully saturated rings. The second-order valence-corrected chi connectivity index (χ2v) is 7.83. The minimum Gasteiger partial charge on any atom is -0.406 e. The molecule has 0 aliphatic rings. The first kappa shape index (κ1) is 21.2. The molecule has 0 spiro atoms. The van der Waals surface area contributed by atoms with Crippen LogP contribution in [0, 0.1) is 0 Å². The fraction of sp³-hybridized carbons (Fsp3) is 0.333. The zero-order valence-electron chi connectivity index (χ0n) is 14.5. The summed E-state index contributed by atoms with van der Waals surface area (Å²) in [5.74, 6) is -0.758. The van der Waals surface area contributed by atoms with Crippen LogP contribution in [0.3, 0.4) is 0 Å². The van der Waals surface area contributed by atoms with Gasteiger partial charge in [0.05, 0.1) is 11.0 Å². The lowest BCUT2D eigenvalue weighted by atomic mass is 9.94. The van der Waals surface area contributed by atoms with Crippen molar-refractivity contribution in [2.24, 2.45) is 0 Å². The van der Waals surface area contributed by atoms with E-state index in [0.29, 0.717) is 6.42 Å². The van der Waals surface area contributed by atoms with E-state index in [9.17, 15) is 26.7 Å². The Bertz CT molecular complexity index is 822. The molecule has 0 bridgehead atoms. The number of aliphatic hydroxyl groups excluding tert-OH is 1. The molecule has 0 radical (unpaired) electrons. The molecule has 2 aromatic carbocycles. The van der Waals surface area contributed by atoms with Crippen molar-refractivity contribution in [1.29, 1.82) is 0 Å². The van der Waals surface area contributed by atoms with Gasteiger partial charge in [-0.2, -0.15) is 0 Å². The molecule has 0 amide bonds. The number of benzene rings is 2. The zero-order valence-corrected chi connectivity index (χ0v) is 15.3. The van der Waals surface area contributed by atoms with Crippen molar-refractivity contribution in [1.82, 2.24) is 4.72 Å². The standard InChI is InChI=1S/C18H20F3NO4S/c1-13(23)11-15(14-5-3-2-4-6-14)12-22-27(24,25)17-9-7-16(8-10-17)26-18(19,20)21/h2-10,13,15,22-23H,11-12H2,1H3/t13-,15+/m0/s1. The maximum Gasteiger partial charge on any atom is 0.573 e. The van der Waals surface area contributed by atoms with E-state index in [1.165, 1.54) is 0 Å². The molecule has 0 saturated carbocycles. The molecule has 0 aliphatic heterocycles. The Labute approximate surface area is 155 Å². The first-order chi connectivity index (χ1) is 12.6. The summed E-state index contributed by atoms with van der Waals surface area (Å²) in [6, 6.07) is 13.1. The molecule has 0 saturated heterocycles. The normalized spacial score (nSPS) is 14.6.